The molecule has 100 valence electrons. The van der Waals surface area contributed by atoms with E-state index in [1.165, 1.54) is 0 Å². The largest absolute Gasteiger partial charge is 0.336 e. The Morgan fingerprint density at radius 3 is 3.05 bits per heavy atom. The predicted molar refractivity (Wildman–Crippen MR) is 78.1 cm³/mol. The van der Waals surface area contributed by atoms with Gasteiger partial charge in [-0.05, 0) is 24.6 Å². The van der Waals surface area contributed by atoms with Crippen molar-refractivity contribution in [2.24, 2.45) is 0 Å². The molecule has 2 aromatic rings. The molecule has 0 aliphatic carbocycles. The molecule has 19 heavy (non-hydrogen) atoms. The highest BCUT2D eigenvalue weighted by molar-refractivity contribution is 9.10. The van der Waals surface area contributed by atoms with Gasteiger partial charge in [0.15, 0.2) is 0 Å². The number of rotatable bonds is 4. The van der Waals surface area contributed by atoms with Crippen LogP contribution in [-0.4, -0.2) is 22.1 Å². The van der Waals surface area contributed by atoms with E-state index in [0.717, 1.165) is 15.7 Å². The molecule has 0 spiro atoms. The number of nitrogens with one attached hydrogen (secondary N) is 2. The first-order chi connectivity index (χ1) is 9.15. The predicted octanol–water partition coefficient (Wildman–Crippen LogP) is 2.78. The Labute approximate surface area is 120 Å². The number of hydrogen-bond acceptors (Lipinski definition) is 2. The van der Waals surface area contributed by atoms with Crippen molar-refractivity contribution >= 4 is 27.6 Å². The van der Waals surface area contributed by atoms with Gasteiger partial charge in [-0.2, -0.15) is 0 Å². The zero-order valence-electron chi connectivity index (χ0n) is 10.6. The van der Waals surface area contributed by atoms with Crippen molar-refractivity contribution in [3.05, 3.63) is 47.0 Å². The molecular weight excluding hydrogens is 308 g/mol. The van der Waals surface area contributed by atoms with Gasteiger partial charge in [0, 0.05) is 35.6 Å². The number of nitrogens with zero attached hydrogens (tertiary/aromatic N) is 2. The summed E-state index contributed by atoms with van der Waals surface area (Å²) in [6, 6.07) is 5.56. The van der Waals surface area contributed by atoms with Crippen LogP contribution in [-0.2, 0) is 6.54 Å². The maximum atomic E-state index is 11.7. The van der Waals surface area contributed by atoms with Gasteiger partial charge in [0.1, 0.15) is 0 Å². The van der Waals surface area contributed by atoms with E-state index < -0.39 is 0 Å². The molecule has 2 rings (SSSR count). The van der Waals surface area contributed by atoms with Crippen LogP contribution in [0.1, 0.15) is 5.56 Å². The third kappa shape index (κ3) is 4.10. The van der Waals surface area contributed by atoms with Crippen LogP contribution in [0.25, 0.3) is 0 Å². The topological polar surface area (TPSA) is 59.0 Å². The maximum Gasteiger partial charge on any atom is 0.319 e. The van der Waals surface area contributed by atoms with Crippen LogP contribution >= 0.6 is 15.9 Å². The second-order valence-electron chi connectivity index (χ2n) is 4.14. The first-order valence-electron chi connectivity index (χ1n) is 5.92. The minimum atomic E-state index is -0.207. The number of aryl methyl sites for hydroxylation is 1. The van der Waals surface area contributed by atoms with Gasteiger partial charge in [0.2, 0.25) is 0 Å². The number of anilines is 1. The molecule has 0 bridgehead atoms. The second kappa shape index (κ2) is 6.38. The molecule has 0 aliphatic rings. The Balaban J connectivity index is 1.82. The lowest BCUT2D eigenvalue weighted by Gasteiger charge is -2.10. The van der Waals surface area contributed by atoms with Crippen molar-refractivity contribution < 1.29 is 4.79 Å². The Hall–Kier alpha value is -1.82. The van der Waals surface area contributed by atoms with E-state index in [-0.39, 0.29) is 6.03 Å². The number of imidazole rings is 1. The molecule has 1 heterocycles. The van der Waals surface area contributed by atoms with Crippen LogP contribution < -0.4 is 10.6 Å². The third-order valence-corrected chi connectivity index (χ3v) is 3.16. The van der Waals surface area contributed by atoms with Crippen LogP contribution in [0.5, 0.6) is 0 Å². The van der Waals surface area contributed by atoms with Crippen molar-refractivity contribution in [3.8, 4) is 0 Å². The molecule has 0 aliphatic heterocycles. The van der Waals surface area contributed by atoms with Crippen LogP contribution in [0, 0.1) is 6.92 Å². The number of amides is 2. The summed E-state index contributed by atoms with van der Waals surface area (Å²) in [7, 11) is 0. The molecule has 1 aromatic heterocycles. The number of hydrogen-bond donors (Lipinski definition) is 2. The molecule has 0 saturated heterocycles. The highest BCUT2D eigenvalue weighted by Gasteiger charge is 2.04. The zero-order chi connectivity index (χ0) is 13.7. The van der Waals surface area contributed by atoms with E-state index in [0.29, 0.717) is 13.1 Å². The number of carbonyl (C=O) groups excluding carboxylic acids is 1. The maximum absolute atomic E-state index is 11.7. The zero-order valence-corrected chi connectivity index (χ0v) is 12.1. The van der Waals surface area contributed by atoms with Gasteiger partial charge in [-0.1, -0.05) is 22.0 Å². The van der Waals surface area contributed by atoms with Crippen molar-refractivity contribution in [1.29, 1.82) is 0 Å². The van der Waals surface area contributed by atoms with Crippen molar-refractivity contribution in [2.45, 2.75) is 13.5 Å². The van der Waals surface area contributed by atoms with Gasteiger partial charge in [-0.25, -0.2) is 9.78 Å². The fraction of sp³-hybridized carbons (Fsp3) is 0.231. The van der Waals surface area contributed by atoms with E-state index in [9.17, 15) is 4.79 Å². The summed E-state index contributed by atoms with van der Waals surface area (Å²) in [5.74, 6) is 0. The van der Waals surface area contributed by atoms with Gasteiger partial charge in [0.05, 0.1) is 6.33 Å². The highest BCUT2D eigenvalue weighted by atomic mass is 79.9. The van der Waals surface area contributed by atoms with Crippen LogP contribution in [0.3, 0.4) is 0 Å². The molecule has 0 saturated carbocycles. The van der Waals surface area contributed by atoms with E-state index >= 15 is 0 Å². The van der Waals surface area contributed by atoms with Gasteiger partial charge < -0.3 is 15.2 Å². The number of aromatic nitrogens is 2. The molecule has 0 atom stereocenters. The fourth-order valence-corrected chi connectivity index (χ4v) is 1.97. The molecule has 2 N–H and O–H groups in total. The van der Waals surface area contributed by atoms with Gasteiger partial charge >= 0.3 is 6.03 Å². The van der Waals surface area contributed by atoms with Crippen LogP contribution in [0.4, 0.5) is 10.5 Å². The summed E-state index contributed by atoms with van der Waals surface area (Å²) >= 11 is 3.38. The summed E-state index contributed by atoms with van der Waals surface area (Å²) in [5.41, 5.74) is 1.82. The lowest BCUT2D eigenvalue weighted by Crippen LogP contribution is -2.31. The first kappa shape index (κ1) is 13.6. The molecule has 1 aromatic carbocycles. The lowest BCUT2D eigenvalue weighted by atomic mass is 10.2. The van der Waals surface area contributed by atoms with Gasteiger partial charge in [0.25, 0.3) is 0 Å². The van der Waals surface area contributed by atoms with Crippen LogP contribution in [0.15, 0.2) is 41.4 Å². The second-order valence-corrected chi connectivity index (χ2v) is 5.06. The van der Waals surface area contributed by atoms with Crippen molar-refractivity contribution in [3.63, 3.8) is 0 Å². The van der Waals surface area contributed by atoms with E-state index in [1.54, 1.807) is 12.5 Å². The minimum Gasteiger partial charge on any atom is -0.336 e. The Morgan fingerprint density at radius 2 is 2.32 bits per heavy atom. The molecule has 6 heteroatoms. The van der Waals surface area contributed by atoms with E-state index in [1.807, 2.05) is 35.9 Å². The average Bonchev–Trinajstić information content (AvgIpc) is 2.87. The quantitative estimate of drug-likeness (QED) is 0.909. The Morgan fingerprint density at radius 1 is 1.47 bits per heavy atom. The molecule has 0 radical (unpaired) electrons. The summed E-state index contributed by atoms with van der Waals surface area (Å²) in [4.78, 5) is 15.7. The third-order valence-electron chi connectivity index (χ3n) is 2.66. The highest BCUT2D eigenvalue weighted by Crippen LogP contribution is 2.20. The number of urea groups is 1. The average molecular weight is 323 g/mol. The smallest absolute Gasteiger partial charge is 0.319 e. The van der Waals surface area contributed by atoms with Crippen LogP contribution in [0.2, 0.25) is 0 Å². The van der Waals surface area contributed by atoms with Crippen molar-refractivity contribution in [2.75, 3.05) is 11.9 Å². The lowest BCUT2D eigenvalue weighted by molar-refractivity contribution is 0.251. The van der Waals surface area contributed by atoms with Gasteiger partial charge in [-0.3, -0.25) is 0 Å². The Kier molecular flexibility index (Phi) is 4.57. The van der Waals surface area contributed by atoms with Gasteiger partial charge in [-0.15, -0.1) is 0 Å². The summed E-state index contributed by atoms with van der Waals surface area (Å²) < 4.78 is 2.84. The first-order valence-corrected chi connectivity index (χ1v) is 6.71. The molecule has 2 amide bonds. The SMILES string of the molecule is Cc1ccc(Br)cc1NC(=O)NCCn1ccnc1. The monoisotopic (exact) mass is 322 g/mol. The minimum absolute atomic E-state index is 0.207. The normalized spacial score (nSPS) is 10.2. The summed E-state index contributed by atoms with van der Waals surface area (Å²) in [6.07, 6.45) is 5.29. The fourth-order valence-electron chi connectivity index (χ4n) is 1.61. The van der Waals surface area contributed by atoms with E-state index in [4.69, 9.17) is 0 Å². The molecule has 5 nitrogen and oxygen atoms in total. The Bertz CT molecular complexity index is 554. The van der Waals surface area contributed by atoms with E-state index in [2.05, 4.69) is 31.5 Å². The molecular formula is C13H15BrN4O. The number of carbonyl (C=O) groups is 1. The number of benzene rings is 1. The summed E-state index contributed by atoms with van der Waals surface area (Å²) in [6.45, 7) is 3.20. The molecule has 0 unspecified atom stereocenters. The molecule has 0 fully saturated rings. The van der Waals surface area contributed by atoms with Crippen molar-refractivity contribution in [1.82, 2.24) is 14.9 Å². The summed E-state index contributed by atoms with van der Waals surface area (Å²) in [5, 5.41) is 5.63. The standard InChI is InChI=1S/C13H15BrN4O/c1-10-2-3-11(14)8-12(10)17-13(19)16-5-7-18-6-4-15-9-18/h2-4,6,8-9H,5,7H2,1H3,(H2,16,17,19). The number of halogens is 1.